The predicted octanol–water partition coefficient (Wildman–Crippen LogP) is 4.88. The molecule has 0 heterocycles. The normalized spacial score (nSPS) is 10.5. The van der Waals surface area contributed by atoms with E-state index in [2.05, 4.69) is 80.3 Å². The van der Waals surface area contributed by atoms with E-state index in [1.54, 1.807) is 22.9 Å². The Morgan fingerprint density at radius 3 is 1.48 bits per heavy atom. The number of benzene rings is 5. The van der Waals surface area contributed by atoms with Crippen LogP contribution in [0.5, 0.6) is 11.5 Å². The molecule has 0 amide bonds. The summed E-state index contributed by atoms with van der Waals surface area (Å²) in [5, 5.41) is 27.4. The molecule has 3 unspecified atom stereocenters. The van der Waals surface area contributed by atoms with E-state index in [4.69, 9.17) is 0 Å². The summed E-state index contributed by atoms with van der Waals surface area (Å²) in [5.41, 5.74) is 5.29. The molecule has 0 spiro atoms. The molecule has 0 fully saturated rings. The highest BCUT2D eigenvalue weighted by Crippen LogP contribution is 2.17. The lowest BCUT2D eigenvalue weighted by molar-refractivity contribution is -0.267. The van der Waals surface area contributed by atoms with Gasteiger partial charge in [-0.15, -0.1) is 8.46 Å². The summed E-state index contributed by atoms with van der Waals surface area (Å²) in [5.74, 6) is 0.363. The summed E-state index contributed by atoms with van der Waals surface area (Å²) < 4.78 is 0. The summed E-state index contributed by atoms with van der Waals surface area (Å²) in [7, 11) is 0.605. The van der Waals surface area contributed by atoms with Gasteiger partial charge in [0.05, 0.1) is 24.5 Å². The Morgan fingerprint density at radius 1 is 0.524 bits per heavy atom. The summed E-state index contributed by atoms with van der Waals surface area (Å²) in [6.07, 6.45) is 0. The fourth-order valence-corrected chi connectivity index (χ4v) is 8.04. The highest BCUT2D eigenvalue weighted by atomic mass is 31.1. The van der Waals surface area contributed by atoms with E-state index in [0.29, 0.717) is 8.46 Å². The van der Waals surface area contributed by atoms with Gasteiger partial charge in [-0.2, -0.15) is 5.46 Å². The number of hydrogen-bond donors (Lipinski definition) is 0. The van der Waals surface area contributed by atoms with Gasteiger partial charge < -0.3 is 10.2 Å². The van der Waals surface area contributed by atoms with Crippen molar-refractivity contribution in [2.75, 3.05) is 6.66 Å². The second-order valence-electron chi connectivity index (χ2n) is 10.1. The molecule has 0 radical (unpaired) electrons. The van der Waals surface area contributed by atoms with Crippen LogP contribution in [-0.2, 0) is 0 Å². The van der Waals surface area contributed by atoms with E-state index in [-0.39, 0.29) is 50.5 Å². The molecule has 42 heavy (non-hydrogen) atoms. The maximum absolute atomic E-state index is 11.6. The van der Waals surface area contributed by atoms with Gasteiger partial charge in [-0.05, 0) is 68.3 Å². The second-order valence-corrected chi connectivity index (χ2v) is 14.7. The van der Waals surface area contributed by atoms with Gasteiger partial charge >= 0.3 is 0 Å². The molecule has 3 atom stereocenters. The molecule has 0 saturated carbocycles. The minimum Gasteiger partial charge on any atom is -0.870 e. The number of rotatable bonds is 6. The monoisotopic (exact) mass is 616 g/mol. The standard InChI is InChI=1S/C13H16BP.C13H13OP.C8H11OP.2CH4/c1-11-7-9-12(10-8-11)14-15-13-5-3-2-4-6-13;1-10-7-8-12(14)13(9-10)15-11-5-3-2-4-6-11;1-6-3-4-7(9)8(5-6)10-2;;/h2-10H,14-15H2,1H3;2-9,14-15H,1H3;3-5,9-10H,1-2H3;2*1H4. The SMILES string of the molecule is C.C.C[PH2+]c1cc(C)ccc1[O-].Cc1ccc([BH2-][PH2+]c2ccccc2)cc1.Cc1ccc([O-])c([PH2+]c2ccccc2)c1. The van der Waals surface area contributed by atoms with Gasteiger partial charge in [-0.3, -0.25) is 0 Å². The third-order valence-corrected chi connectivity index (χ3v) is 11.2. The Hall–Kier alpha value is -2.95. The Labute approximate surface area is 260 Å². The van der Waals surface area contributed by atoms with Gasteiger partial charge in [0.15, 0.2) is 7.00 Å². The zero-order valence-electron chi connectivity index (χ0n) is 24.1. The van der Waals surface area contributed by atoms with Crippen LogP contribution in [0.25, 0.3) is 0 Å². The smallest absolute Gasteiger partial charge is 0.167 e. The summed E-state index contributed by atoms with van der Waals surface area (Å²) in [4.78, 5) is 0. The molecular formula is C36H48BO2P3. The molecule has 2 nitrogen and oxygen atoms in total. The van der Waals surface area contributed by atoms with Gasteiger partial charge in [0.25, 0.3) is 0 Å². The van der Waals surface area contributed by atoms with Gasteiger partial charge in [-0.25, -0.2) is 0 Å². The first-order valence-electron chi connectivity index (χ1n) is 13.8. The van der Waals surface area contributed by atoms with Crippen molar-refractivity contribution >= 4 is 59.3 Å². The fraction of sp³-hybridized carbons (Fsp3) is 0.167. The molecule has 0 aliphatic rings. The predicted molar refractivity (Wildman–Crippen MR) is 201 cm³/mol. The molecule has 6 heteroatoms. The first-order chi connectivity index (χ1) is 19.3. The van der Waals surface area contributed by atoms with Crippen LogP contribution in [0.3, 0.4) is 0 Å². The largest absolute Gasteiger partial charge is 0.870 e. The van der Waals surface area contributed by atoms with E-state index >= 15 is 0 Å². The summed E-state index contributed by atoms with van der Waals surface area (Å²) in [6, 6.07) is 41.2. The minimum atomic E-state index is -0.0688. The van der Waals surface area contributed by atoms with Crippen molar-refractivity contribution in [2.24, 2.45) is 0 Å². The lowest BCUT2D eigenvalue weighted by Crippen LogP contribution is -2.11. The van der Waals surface area contributed by atoms with Crippen LogP contribution >= 0.6 is 25.6 Å². The molecule has 5 aromatic rings. The molecule has 0 saturated heterocycles. The van der Waals surface area contributed by atoms with Crippen LogP contribution in [0.4, 0.5) is 0 Å². The topological polar surface area (TPSA) is 46.1 Å². The van der Waals surface area contributed by atoms with Crippen molar-refractivity contribution in [3.63, 3.8) is 0 Å². The number of aryl methyl sites for hydroxylation is 3. The molecule has 0 bridgehead atoms. The van der Waals surface area contributed by atoms with Crippen molar-refractivity contribution in [3.05, 3.63) is 138 Å². The van der Waals surface area contributed by atoms with Crippen molar-refractivity contribution in [1.29, 1.82) is 0 Å². The second kappa shape index (κ2) is 20.0. The Kier molecular flexibility index (Phi) is 17.7. The Balaban J connectivity index is 0.000000315. The first-order valence-corrected chi connectivity index (χ1v) is 18.5. The summed E-state index contributed by atoms with van der Waals surface area (Å²) in [6.45, 7) is 8.34. The molecule has 0 aliphatic carbocycles. The molecule has 5 aromatic carbocycles. The maximum atomic E-state index is 11.6. The van der Waals surface area contributed by atoms with Crippen LogP contribution in [0.15, 0.2) is 121 Å². The van der Waals surface area contributed by atoms with Crippen LogP contribution in [0, 0.1) is 20.8 Å². The molecule has 0 aliphatic heterocycles. The van der Waals surface area contributed by atoms with Gasteiger partial charge in [0.2, 0.25) is 0 Å². The zero-order chi connectivity index (χ0) is 28.7. The van der Waals surface area contributed by atoms with E-state index < -0.39 is 0 Å². The van der Waals surface area contributed by atoms with Gasteiger partial charge in [-0.1, -0.05) is 117 Å². The minimum absolute atomic E-state index is 0. The highest BCUT2D eigenvalue weighted by Gasteiger charge is 2.04. The molecule has 222 valence electrons. The first kappa shape index (κ1) is 37.1. The van der Waals surface area contributed by atoms with Crippen molar-refractivity contribution in [1.82, 2.24) is 0 Å². The Bertz CT molecular complexity index is 1440. The summed E-state index contributed by atoms with van der Waals surface area (Å²) >= 11 is 0. The lowest BCUT2D eigenvalue weighted by atomic mass is 9.94. The molecule has 5 rings (SSSR count). The van der Waals surface area contributed by atoms with E-state index in [1.165, 1.54) is 16.4 Å². The van der Waals surface area contributed by atoms with E-state index in [1.807, 2.05) is 56.3 Å². The van der Waals surface area contributed by atoms with Crippen LogP contribution in [-0.4, -0.2) is 13.7 Å². The number of hydrogen-bond acceptors (Lipinski definition) is 2. The third kappa shape index (κ3) is 13.4. The maximum Gasteiger partial charge on any atom is 0.167 e. The zero-order valence-corrected chi connectivity index (χ0v) is 27.6. The van der Waals surface area contributed by atoms with Crippen LogP contribution in [0.1, 0.15) is 31.5 Å². The molecule has 0 N–H and O–H groups in total. The Morgan fingerprint density at radius 2 is 0.976 bits per heavy atom. The van der Waals surface area contributed by atoms with E-state index in [9.17, 15) is 10.2 Å². The molecular weight excluding hydrogens is 568 g/mol. The molecule has 0 aromatic heterocycles. The van der Waals surface area contributed by atoms with Gasteiger partial charge in [0, 0.05) is 20.6 Å². The average Bonchev–Trinajstić information content (AvgIpc) is 2.98. The van der Waals surface area contributed by atoms with Crippen LogP contribution < -0.4 is 36.9 Å². The van der Waals surface area contributed by atoms with Crippen molar-refractivity contribution in [2.45, 2.75) is 35.6 Å². The quantitative estimate of drug-likeness (QED) is 0.202. The van der Waals surface area contributed by atoms with Crippen molar-refractivity contribution < 1.29 is 10.2 Å². The van der Waals surface area contributed by atoms with Crippen molar-refractivity contribution in [3.8, 4) is 11.5 Å². The van der Waals surface area contributed by atoms with Gasteiger partial charge in [0.1, 0.15) is 0 Å². The van der Waals surface area contributed by atoms with Crippen LogP contribution in [0.2, 0.25) is 0 Å². The third-order valence-electron chi connectivity index (χ3n) is 6.59. The highest BCUT2D eigenvalue weighted by molar-refractivity contribution is 7.79. The fourth-order valence-electron chi connectivity index (χ4n) is 4.21. The average molecular weight is 617 g/mol. The lowest BCUT2D eigenvalue weighted by Gasteiger charge is -2.08. The van der Waals surface area contributed by atoms with E-state index in [0.717, 1.165) is 16.2 Å².